The zero-order valence-electron chi connectivity index (χ0n) is 17.2. The highest BCUT2D eigenvalue weighted by Crippen LogP contribution is 2.62. The second-order valence-corrected chi connectivity index (χ2v) is 10.4. The maximum absolute atomic E-state index is 13.1. The number of hydrogen-bond acceptors (Lipinski definition) is 3. The van der Waals surface area contributed by atoms with Crippen molar-refractivity contribution in [2.45, 2.75) is 64.0 Å². The first-order valence-electron chi connectivity index (χ1n) is 11.2. The van der Waals surface area contributed by atoms with Gasteiger partial charge < -0.3 is 10.0 Å². The van der Waals surface area contributed by atoms with Crippen LogP contribution in [0.3, 0.4) is 0 Å². The Kier molecular flexibility index (Phi) is 4.55. The van der Waals surface area contributed by atoms with Crippen LogP contribution in [0.4, 0.5) is 0 Å². The molecule has 1 N–H and O–H groups in total. The molecule has 5 aliphatic rings. The number of carbonyl (C=O) groups excluding carboxylic acids is 1. The van der Waals surface area contributed by atoms with Crippen molar-refractivity contribution in [2.75, 3.05) is 26.2 Å². The summed E-state index contributed by atoms with van der Waals surface area (Å²) < 4.78 is 0. The number of aliphatic hydroxyl groups is 1. The molecule has 4 saturated carbocycles. The molecule has 4 bridgehead atoms. The third-order valence-corrected chi connectivity index (χ3v) is 8.06. The molecule has 0 spiro atoms. The average molecular weight is 383 g/mol. The molecule has 0 radical (unpaired) electrons. The van der Waals surface area contributed by atoms with E-state index in [0.717, 1.165) is 52.0 Å². The van der Waals surface area contributed by atoms with Crippen LogP contribution in [0.1, 0.15) is 56.1 Å². The predicted octanol–water partition coefficient (Wildman–Crippen LogP) is 3.36. The molecule has 1 saturated heterocycles. The van der Waals surface area contributed by atoms with Crippen molar-refractivity contribution in [1.29, 1.82) is 0 Å². The van der Waals surface area contributed by atoms with Crippen molar-refractivity contribution < 1.29 is 9.90 Å². The van der Waals surface area contributed by atoms with Gasteiger partial charge in [-0.15, -0.1) is 0 Å². The summed E-state index contributed by atoms with van der Waals surface area (Å²) in [6.07, 6.45) is 7.13. The zero-order chi connectivity index (χ0) is 19.4. The number of nitrogens with zero attached hydrogens (tertiary/aromatic N) is 2. The first-order valence-corrected chi connectivity index (χ1v) is 11.2. The Hall–Kier alpha value is -1.39. The van der Waals surface area contributed by atoms with Gasteiger partial charge in [-0.05, 0) is 73.8 Å². The fourth-order valence-electron chi connectivity index (χ4n) is 7.23. The molecular weight excluding hydrogens is 348 g/mol. The van der Waals surface area contributed by atoms with Crippen molar-refractivity contribution in [3.63, 3.8) is 0 Å². The van der Waals surface area contributed by atoms with Crippen LogP contribution in [0.5, 0.6) is 0 Å². The van der Waals surface area contributed by atoms with E-state index in [1.54, 1.807) is 0 Å². The lowest BCUT2D eigenvalue weighted by Crippen LogP contribution is -2.57. The molecule has 0 aromatic heterocycles. The molecule has 28 heavy (non-hydrogen) atoms. The van der Waals surface area contributed by atoms with Gasteiger partial charge in [0, 0.05) is 39.1 Å². The highest BCUT2D eigenvalue weighted by atomic mass is 16.3. The number of rotatable bonds is 4. The van der Waals surface area contributed by atoms with E-state index in [4.69, 9.17) is 0 Å². The molecule has 1 aromatic rings. The van der Waals surface area contributed by atoms with Crippen LogP contribution in [0.25, 0.3) is 0 Å². The summed E-state index contributed by atoms with van der Waals surface area (Å²) in [6.45, 7) is 6.77. The summed E-state index contributed by atoms with van der Waals surface area (Å²) >= 11 is 0. The third kappa shape index (κ3) is 3.50. The van der Waals surface area contributed by atoms with E-state index >= 15 is 0 Å². The van der Waals surface area contributed by atoms with E-state index in [-0.39, 0.29) is 5.41 Å². The summed E-state index contributed by atoms with van der Waals surface area (Å²) in [6, 6.07) is 8.59. The van der Waals surface area contributed by atoms with Crippen LogP contribution in [0.15, 0.2) is 24.3 Å². The zero-order valence-corrected chi connectivity index (χ0v) is 17.2. The summed E-state index contributed by atoms with van der Waals surface area (Å²) in [5.74, 6) is 1.65. The molecule has 4 heteroatoms. The normalized spacial score (nSPS) is 37.4. The second kappa shape index (κ2) is 6.84. The molecule has 4 aliphatic carbocycles. The van der Waals surface area contributed by atoms with Crippen LogP contribution in [-0.4, -0.2) is 52.6 Å². The minimum absolute atomic E-state index is 0.0915. The smallest absolute Gasteiger partial charge is 0.223 e. The molecule has 5 fully saturated rings. The van der Waals surface area contributed by atoms with Crippen LogP contribution < -0.4 is 0 Å². The van der Waals surface area contributed by atoms with Crippen LogP contribution >= 0.6 is 0 Å². The van der Waals surface area contributed by atoms with Gasteiger partial charge in [0.25, 0.3) is 0 Å². The molecule has 1 aliphatic heterocycles. The number of benzene rings is 1. The average Bonchev–Trinajstić information content (AvgIpc) is 2.62. The Balaban J connectivity index is 1.17. The van der Waals surface area contributed by atoms with Gasteiger partial charge in [0.2, 0.25) is 5.91 Å². The van der Waals surface area contributed by atoms with Crippen molar-refractivity contribution in [2.24, 2.45) is 17.3 Å². The Labute approximate surface area is 168 Å². The Morgan fingerprint density at radius 1 is 1.07 bits per heavy atom. The highest BCUT2D eigenvalue weighted by Gasteiger charge is 2.57. The van der Waals surface area contributed by atoms with Gasteiger partial charge in [-0.1, -0.05) is 24.3 Å². The Bertz CT molecular complexity index is 739. The Morgan fingerprint density at radius 2 is 1.75 bits per heavy atom. The van der Waals surface area contributed by atoms with Crippen molar-refractivity contribution in [1.82, 2.24) is 9.80 Å². The molecule has 2 unspecified atom stereocenters. The van der Waals surface area contributed by atoms with E-state index < -0.39 is 5.60 Å². The topological polar surface area (TPSA) is 43.8 Å². The molecule has 6 rings (SSSR count). The fraction of sp³-hybridized carbons (Fsp3) is 0.708. The number of aryl methyl sites for hydroxylation is 1. The second-order valence-electron chi connectivity index (χ2n) is 10.4. The van der Waals surface area contributed by atoms with E-state index in [1.165, 1.54) is 30.4 Å². The lowest BCUT2D eigenvalue weighted by atomic mass is 9.47. The fourth-order valence-corrected chi connectivity index (χ4v) is 7.23. The largest absolute Gasteiger partial charge is 0.390 e. The minimum atomic E-state index is -0.462. The van der Waals surface area contributed by atoms with Gasteiger partial charge in [0.05, 0.1) is 5.60 Å². The lowest BCUT2D eigenvalue weighted by molar-refractivity contribution is -0.172. The van der Waals surface area contributed by atoms with Crippen molar-refractivity contribution in [3.05, 3.63) is 35.4 Å². The van der Waals surface area contributed by atoms with E-state index in [0.29, 0.717) is 24.2 Å². The van der Waals surface area contributed by atoms with Gasteiger partial charge >= 0.3 is 0 Å². The van der Waals surface area contributed by atoms with E-state index in [9.17, 15) is 9.90 Å². The molecule has 1 aromatic carbocycles. The molecule has 1 amide bonds. The van der Waals surface area contributed by atoms with Crippen LogP contribution in [0, 0.1) is 24.2 Å². The van der Waals surface area contributed by atoms with E-state index in [2.05, 4.69) is 41.0 Å². The molecule has 4 atom stereocenters. The van der Waals surface area contributed by atoms with Crippen molar-refractivity contribution in [3.8, 4) is 0 Å². The third-order valence-electron chi connectivity index (χ3n) is 8.06. The first-order chi connectivity index (χ1) is 13.4. The highest BCUT2D eigenvalue weighted by molar-refractivity contribution is 5.77. The van der Waals surface area contributed by atoms with Gasteiger partial charge in [-0.25, -0.2) is 0 Å². The molecular formula is C24H34N2O2. The molecule has 152 valence electrons. The summed E-state index contributed by atoms with van der Waals surface area (Å²) in [7, 11) is 0. The number of hydrogen-bond donors (Lipinski definition) is 1. The summed E-state index contributed by atoms with van der Waals surface area (Å²) in [5, 5.41) is 11.0. The SMILES string of the molecule is Cc1ccccc1CN1CCN(C(=O)CC23C[C@@H]4C[C@@H](CC(O)(C4)C2)C3)CC1. The maximum Gasteiger partial charge on any atom is 0.223 e. The van der Waals surface area contributed by atoms with E-state index in [1.807, 2.05) is 0 Å². The van der Waals surface area contributed by atoms with Gasteiger partial charge in [0.15, 0.2) is 0 Å². The predicted molar refractivity (Wildman–Crippen MR) is 110 cm³/mol. The summed E-state index contributed by atoms with van der Waals surface area (Å²) in [4.78, 5) is 17.7. The monoisotopic (exact) mass is 382 g/mol. The summed E-state index contributed by atoms with van der Waals surface area (Å²) in [5.41, 5.74) is 2.37. The minimum Gasteiger partial charge on any atom is -0.390 e. The maximum atomic E-state index is 13.1. The lowest BCUT2D eigenvalue weighted by Gasteiger charge is -2.60. The number of amides is 1. The Morgan fingerprint density at radius 3 is 2.39 bits per heavy atom. The number of piperazine rings is 1. The molecule has 1 heterocycles. The van der Waals surface area contributed by atoms with Crippen LogP contribution in [0.2, 0.25) is 0 Å². The van der Waals surface area contributed by atoms with Gasteiger partial charge in [-0.3, -0.25) is 9.69 Å². The van der Waals surface area contributed by atoms with Gasteiger partial charge in [0.1, 0.15) is 0 Å². The quantitative estimate of drug-likeness (QED) is 0.868. The number of carbonyl (C=O) groups is 1. The standard InChI is InChI=1S/C24H34N2O2/c1-18-4-2-3-5-21(18)16-25-6-8-26(9-7-25)22(27)15-23-11-19-10-20(12-23)14-24(28,13-19)17-23/h2-5,19-20,28H,6-17H2,1H3/t19-,20+,23?,24?. The molecule has 4 nitrogen and oxygen atoms in total. The van der Waals surface area contributed by atoms with Crippen molar-refractivity contribution >= 4 is 5.91 Å². The van der Waals surface area contributed by atoms with Crippen LogP contribution in [-0.2, 0) is 11.3 Å². The first kappa shape index (κ1) is 18.6. The van der Waals surface area contributed by atoms with Gasteiger partial charge in [-0.2, -0.15) is 0 Å².